The number of rotatable bonds is 7. The van der Waals surface area contributed by atoms with Crippen LogP contribution in [-0.4, -0.2) is 51.3 Å². The van der Waals surface area contributed by atoms with Gasteiger partial charge in [-0.05, 0) is 32.4 Å². The molecule has 1 aliphatic heterocycles. The predicted octanol–water partition coefficient (Wildman–Crippen LogP) is 1.98. The van der Waals surface area contributed by atoms with E-state index in [-0.39, 0.29) is 0 Å². The molecule has 0 bridgehead atoms. The van der Waals surface area contributed by atoms with Gasteiger partial charge in [-0.1, -0.05) is 20.8 Å². The van der Waals surface area contributed by atoms with E-state index in [2.05, 4.69) is 38.0 Å². The van der Waals surface area contributed by atoms with Crippen LogP contribution < -0.4 is 5.32 Å². The third kappa shape index (κ3) is 5.36. The van der Waals surface area contributed by atoms with Gasteiger partial charge in [0.1, 0.15) is 0 Å². The van der Waals surface area contributed by atoms with Crippen molar-refractivity contribution >= 4 is 0 Å². The fraction of sp³-hybridized carbons (Fsp3) is 1.00. The minimum atomic E-state index is 0.331. The van der Waals surface area contributed by atoms with Crippen LogP contribution in [0.1, 0.15) is 33.6 Å². The average molecular weight is 242 g/mol. The van der Waals surface area contributed by atoms with Gasteiger partial charge < -0.3 is 15.0 Å². The van der Waals surface area contributed by atoms with Gasteiger partial charge in [0.15, 0.2) is 0 Å². The summed E-state index contributed by atoms with van der Waals surface area (Å²) in [6.07, 6.45) is 2.50. The number of nitrogens with one attached hydrogen (secondary N) is 1. The Morgan fingerprint density at radius 1 is 1.41 bits per heavy atom. The summed E-state index contributed by atoms with van der Waals surface area (Å²) >= 11 is 0. The second-order valence-corrected chi connectivity index (χ2v) is 6.03. The molecule has 0 aromatic heterocycles. The van der Waals surface area contributed by atoms with E-state index in [9.17, 15) is 0 Å². The first kappa shape index (κ1) is 14.9. The molecule has 0 saturated carbocycles. The highest BCUT2D eigenvalue weighted by Gasteiger charge is 2.33. The van der Waals surface area contributed by atoms with Crippen LogP contribution in [0.4, 0.5) is 0 Å². The van der Waals surface area contributed by atoms with Gasteiger partial charge in [0.25, 0.3) is 0 Å². The highest BCUT2D eigenvalue weighted by molar-refractivity contribution is 4.86. The maximum atomic E-state index is 5.72. The molecule has 0 amide bonds. The molecule has 0 aromatic rings. The van der Waals surface area contributed by atoms with Crippen molar-refractivity contribution in [3.8, 4) is 0 Å². The lowest BCUT2D eigenvalue weighted by Gasteiger charge is -2.40. The van der Waals surface area contributed by atoms with Crippen LogP contribution in [0.5, 0.6) is 0 Å². The smallest absolute Gasteiger partial charge is 0.0546 e. The Morgan fingerprint density at radius 2 is 2.18 bits per heavy atom. The maximum absolute atomic E-state index is 5.72. The average Bonchev–Trinajstić information content (AvgIpc) is 2.26. The fourth-order valence-corrected chi connectivity index (χ4v) is 2.88. The van der Waals surface area contributed by atoms with Crippen LogP contribution in [0.25, 0.3) is 0 Å². The topological polar surface area (TPSA) is 24.5 Å². The molecule has 3 nitrogen and oxygen atoms in total. The summed E-state index contributed by atoms with van der Waals surface area (Å²) in [6, 6.07) is 0. The summed E-state index contributed by atoms with van der Waals surface area (Å²) in [5, 5.41) is 3.51. The summed E-state index contributed by atoms with van der Waals surface area (Å²) < 4.78 is 5.72. The standard InChI is InChI=1S/C14H30N2O/c1-5-15-10-14(7-6-8-17-12-14)11-16(4)9-13(2)3/h13,15H,5-12H2,1-4H3. The molecule has 17 heavy (non-hydrogen) atoms. The van der Waals surface area contributed by atoms with Crippen LogP contribution >= 0.6 is 0 Å². The van der Waals surface area contributed by atoms with Crippen molar-refractivity contribution in [2.45, 2.75) is 33.6 Å². The molecule has 1 heterocycles. The van der Waals surface area contributed by atoms with Crippen molar-refractivity contribution in [3.05, 3.63) is 0 Å². The number of hydrogen-bond acceptors (Lipinski definition) is 3. The fourth-order valence-electron chi connectivity index (χ4n) is 2.88. The van der Waals surface area contributed by atoms with Crippen molar-refractivity contribution < 1.29 is 4.74 Å². The minimum Gasteiger partial charge on any atom is -0.381 e. The second-order valence-electron chi connectivity index (χ2n) is 6.03. The zero-order valence-electron chi connectivity index (χ0n) is 12.1. The van der Waals surface area contributed by atoms with E-state index in [1.165, 1.54) is 19.4 Å². The quantitative estimate of drug-likeness (QED) is 0.739. The minimum absolute atomic E-state index is 0.331. The molecule has 1 aliphatic rings. The van der Waals surface area contributed by atoms with E-state index in [0.717, 1.165) is 38.8 Å². The Labute approximate surface area is 107 Å². The molecule has 1 rings (SSSR count). The largest absolute Gasteiger partial charge is 0.381 e. The molecule has 0 spiro atoms. The van der Waals surface area contributed by atoms with E-state index in [1.54, 1.807) is 0 Å². The number of nitrogens with zero attached hydrogens (tertiary/aromatic N) is 1. The normalized spacial score (nSPS) is 25.8. The SMILES string of the molecule is CCNCC1(CN(C)CC(C)C)CCCOC1. The van der Waals surface area contributed by atoms with Crippen LogP contribution in [0, 0.1) is 11.3 Å². The zero-order chi connectivity index (χ0) is 12.7. The predicted molar refractivity (Wildman–Crippen MR) is 73.4 cm³/mol. The molecule has 1 fully saturated rings. The Hall–Kier alpha value is -0.120. The summed E-state index contributed by atoms with van der Waals surface area (Å²) in [4.78, 5) is 2.47. The third-order valence-corrected chi connectivity index (χ3v) is 3.44. The van der Waals surface area contributed by atoms with Crippen LogP contribution in [0.2, 0.25) is 0 Å². The Morgan fingerprint density at radius 3 is 2.71 bits per heavy atom. The van der Waals surface area contributed by atoms with Gasteiger partial charge in [-0.15, -0.1) is 0 Å². The van der Waals surface area contributed by atoms with Gasteiger partial charge in [0.05, 0.1) is 6.61 Å². The van der Waals surface area contributed by atoms with Gasteiger partial charge in [-0.2, -0.15) is 0 Å². The molecule has 1 N–H and O–H groups in total. The number of ether oxygens (including phenoxy) is 1. The van der Waals surface area contributed by atoms with E-state index >= 15 is 0 Å². The third-order valence-electron chi connectivity index (χ3n) is 3.44. The Balaban J connectivity index is 2.49. The number of hydrogen-bond donors (Lipinski definition) is 1. The maximum Gasteiger partial charge on any atom is 0.0546 e. The molecule has 3 heteroatoms. The molecule has 0 radical (unpaired) electrons. The van der Waals surface area contributed by atoms with Crippen molar-refractivity contribution in [1.82, 2.24) is 10.2 Å². The summed E-state index contributed by atoms with van der Waals surface area (Å²) in [5.41, 5.74) is 0.331. The first-order valence-electron chi connectivity index (χ1n) is 7.05. The Kier molecular flexibility index (Phi) is 6.45. The Bertz CT molecular complexity index is 200. The van der Waals surface area contributed by atoms with Crippen molar-refractivity contribution in [2.75, 3.05) is 46.4 Å². The molecular formula is C14H30N2O. The monoisotopic (exact) mass is 242 g/mol. The lowest BCUT2D eigenvalue weighted by Crippen LogP contribution is -2.48. The van der Waals surface area contributed by atoms with Crippen LogP contribution in [-0.2, 0) is 4.74 Å². The second kappa shape index (κ2) is 7.34. The molecule has 0 aliphatic carbocycles. The van der Waals surface area contributed by atoms with Crippen molar-refractivity contribution in [2.24, 2.45) is 11.3 Å². The summed E-state index contributed by atoms with van der Waals surface area (Å²) in [7, 11) is 2.24. The van der Waals surface area contributed by atoms with E-state index in [0.29, 0.717) is 5.41 Å². The van der Waals surface area contributed by atoms with Gasteiger partial charge in [-0.25, -0.2) is 0 Å². The van der Waals surface area contributed by atoms with E-state index in [4.69, 9.17) is 4.74 Å². The molecular weight excluding hydrogens is 212 g/mol. The molecule has 0 aromatic carbocycles. The highest BCUT2D eigenvalue weighted by Crippen LogP contribution is 2.29. The van der Waals surface area contributed by atoms with Crippen LogP contribution in [0.15, 0.2) is 0 Å². The van der Waals surface area contributed by atoms with E-state index < -0.39 is 0 Å². The highest BCUT2D eigenvalue weighted by atomic mass is 16.5. The first-order chi connectivity index (χ1) is 8.08. The van der Waals surface area contributed by atoms with Crippen molar-refractivity contribution in [3.63, 3.8) is 0 Å². The van der Waals surface area contributed by atoms with Crippen molar-refractivity contribution in [1.29, 1.82) is 0 Å². The van der Waals surface area contributed by atoms with Gasteiger partial charge in [-0.3, -0.25) is 0 Å². The summed E-state index contributed by atoms with van der Waals surface area (Å²) in [5.74, 6) is 0.737. The van der Waals surface area contributed by atoms with Crippen LogP contribution in [0.3, 0.4) is 0 Å². The lowest BCUT2D eigenvalue weighted by atomic mass is 9.81. The lowest BCUT2D eigenvalue weighted by molar-refractivity contribution is -0.0236. The van der Waals surface area contributed by atoms with Gasteiger partial charge in [0.2, 0.25) is 0 Å². The molecule has 1 unspecified atom stereocenters. The van der Waals surface area contributed by atoms with Gasteiger partial charge in [0, 0.05) is 31.7 Å². The summed E-state index contributed by atoms with van der Waals surface area (Å²) in [6.45, 7) is 13.1. The molecule has 102 valence electrons. The zero-order valence-corrected chi connectivity index (χ0v) is 12.1. The molecule has 1 saturated heterocycles. The molecule has 1 atom stereocenters. The van der Waals surface area contributed by atoms with Gasteiger partial charge >= 0.3 is 0 Å². The van der Waals surface area contributed by atoms with E-state index in [1.807, 2.05) is 0 Å². The first-order valence-corrected chi connectivity index (χ1v) is 7.05.